The van der Waals surface area contributed by atoms with Gasteiger partial charge in [0.25, 0.3) is 5.69 Å². The maximum atomic E-state index is 12.7. The molecule has 4 N–H and O–H groups in total. The number of rotatable bonds is 8. The molecule has 3 rings (SSSR count). The van der Waals surface area contributed by atoms with Crippen molar-refractivity contribution in [2.45, 2.75) is 17.7 Å². The first-order valence-corrected chi connectivity index (χ1v) is 10.6. The molecule has 0 spiro atoms. The highest BCUT2D eigenvalue weighted by Gasteiger charge is 2.28. The molecule has 0 atom stereocenters. The number of sulfonamides is 1. The minimum absolute atomic E-state index is 0.131. The molecule has 0 amide bonds. The summed E-state index contributed by atoms with van der Waals surface area (Å²) in [7, 11) is -3.83. The molecule has 13 heteroatoms. The third kappa shape index (κ3) is 4.51. The number of aryl methyl sites for hydroxylation is 1. The number of H-pyrrole nitrogens is 1. The monoisotopic (exact) mass is 435 g/mol. The molecule has 0 saturated carbocycles. The number of anilines is 2. The SMILES string of the molecule is N#Cc1c(N)n[nH]c1CCCNc1ccc(S(=O)(=O)N2CCOCC2)cc1[N+](=O)[O-]. The fraction of sp³-hybridized carbons (Fsp3) is 0.412. The van der Waals surface area contributed by atoms with Crippen LogP contribution < -0.4 is 11.1 Å². The molecule has 1 saturated heterocycles. The number of nitro benzene ring substituents is 1. The summed E-state index contributed by atoms with van der Waals surface area (Å²) in [5, 5.41) is 30.0. The quantitative estimate of drug-likeness (QED) is 0.307. The minimum Gasteiger partial charge on any atom is -0.381 e. The van der Waals surface area contributed by atoms with Gasteiger partial charge in [0.2, 0.25) is 10.0 Å². The molecular weight excluding hydrogens is 414 g/mol. The maximum Gasteiger partial charge on any atom is 0.293 e. The first-order chi connectivity index (χ1) is 14.3. The van der Waals surface area contributed by atoms with Gasteiger partial charge in [0.15, 0.2) is 5.82 Å². The fourth-order valence-corrected chi connectivity index (χ4v) is 4.52. The Morgan fingerprint density at radius 2 is 2.13 bits per heavy atom. The van der Waals surface area contributed by atoms with E-state index in [4.69, 9.17) is 15.7 Å². The van der Waals surface area contributed by atoms with Gasteiger partial charge in [-0.3, -0.25) is 15.2 Å². The predicted molar refractivity (Wildman–Crippen MR) is 107 cm³/mol. The summed E-state index contributed by atoms with van der Waals surface area (Å²) in [5.74, 6) is 0.133. The minimum atomic E-state index is -3.83. The summed E-state index contributed by atoms with van der Waals surface area (Å²) in [4.78, 5) is 10.7. The Hall–Kier alpha value is -3.21. The molecule has 0 radical (unpaired) electrons. The van der Waals surface area contributed by atoms with Gasteiger partial charge in [0, 0.05) is 25.7 Å². The Labute approximate surface area is 172 Å². The van der Waals surface area contributed by atoms with E-state index in [1.54, 1.807) is 0 Å². The van der Waals surface area contributed by atoms with Crippen molar-refractivity contribution in [1.82, 2.24) is 14.5 Å². The molecule has 2 heterocycles. The highest BCUT2D eigenvalue weighted by Crippen LogP contribution is 2.29. The molecule has 0 bridgehead atoms. The number of hydrogen-bond donors (Lipinski definition) is 3. The van der Waals surface area contributed by atoms with Crippen LogP contribution in [0.25, 0.3) is 0 Å². The van der Waals surface area contributed by atoms with E-state index in [1.165, 1.54) is 16.4 Å². The second-order valence-electron chi connectivity index (χ2n) is 6.56. The Morgan fingerprint density at radius 3 is 2.80 bits per heavy atom. The highest BCUT2D eigenvalue weighted by atomic mass is 32.2. The second kappa shape index (κ2) is 9.08. The van der Waals surface area contributed by atoms with Crippen LogP contribution in [0.3, 0.4) is 0 Å². The van der Waals surface area contributed by atoms with Gasteiger partial charge in [-0.15, -0.1) is 0 Å². The third-order valence-corrected chi connectivity index (χ3v) is 6.57. The van der Waals surface area contributed by atoms with Crippen LogP contribution in [-0.2, 0) is 21.2 Å². The van der Waals surface area contributed by atoms with Crippen LogP contribution in [0.4, 0.5) is 17.2 Å². The molecule has 0 aliphatic carbocycles. The van der Waals surface area contributed by atoms with Crippen molar-refractivity contribution >= 4 is 27.2 Å². The standard InChI is InChI=1S/C17H21N7O5S/c18-11-13-14(21-22-17(13)19)2-1-5-20-15-4-3-12(10-16(15)24(25)26)30(27,28)23-6-8-29-9-7-23/h3-4,10,20H,1-2,5-9H2,(H3,19,21,22). The fourth-order valence-electron chi connectivity index (χ4n) is 3.10. The molecule has 1 aromatic heterocycles. The normalized spacial score (nSPS) is 14.9. The summed E-state index contributed by atoms with van der Waals surface area (Å²) < 4.78 is 31.9. The van der Waals surface area contributed by atoms with Crippen LogP contribution in [0, 0.1) is 21.4 Å². The number of nitrogen functional groups attached to an aromatic ring is 1. The third-order valence-electron chi connectivity index (χ3n) is 4.67. The number of hydrogen-bond acceptors (Lipinski definition) is 9. The van der Waals surface area contributed by atoms with Crippen LogP contribution in [0.5, 0.6) is 0 Å². The summed E-state index contributed by atoms with van der Waals surface area (Å²) in [5.41, 5.74) is 6.36. The number of nitro groups is 1. The van der Waals surface area contributed by atoms with Crippen molar-refractivity contribution < 1.29 is 18.1 Å². The van der Waals surface area contributed by atoms with Gasteiger partial charge in [-0.25, -0.2) is 8.42 Å². The van der Waals surface area contributed by atoms with Crippen LogP contribution >= 0.6 is 0 Å². The number of morpholine rings is 1. The molecule has 1 fully saturated rings. The van der Waals surface area contributed by atoms with Gasteiger partial charge in [0.05, 0.1) is 28.7 Å². The van der Waals surface area contributed by atoms with E-state index in [9.17, 15) is 18.5 Å². The van der Waals surface area contributed by atoms with Gasteiger partial charge >= 0.3 is 0 Å². The zero-order valence-corrected chi connectivity index (χ0v) is 16.8. The molecule has 12 nitrogen and oxygen atoms in total. The van der Waals surface area contributed by atoms with Crippen molar-refractivity contribution in [3.63, 3.8) is 0 Å². The lowest BCUT2D eigenvalue weighted by molar-refractivity contribution is -0.384. The summed E-state index contributed by atoms with van der Waals surface area (Å²) in [6, 6.07) is 5.78. The number of nitrogens with two attached hydrogens (primary N) is 1. The summed E-state index contributed by atoms with van der Waals surface area (Å²) in [6.45, 7) is 1.35. The lowest BCUT2D eigenvalue weighted by Gasteiger charge is -2.26. The lowest BCUT2D eigenvalue weighted by Crippen LogP contribution is -2.40. The van der Waals surface area contributed by atoms with E-state index in [2.05, 4.69) is 15.5 Å². The van der Waals surface area contributed by atoms with Crippen molar-refractivity contribution in [1.29, 1.82) is 5.26 Å². The number of aromatic amines is 1. The lowest BCUT2D eigenvalue weighted by atomic mass is 10.1. The predicted octanol–water partition coefficient (Wildman–Crippen LogP) is 0.837. The van der Waals surface area contributed by atoms with Crippen molar-refractivity contribution in [3.8, 4) is 6.07 Å². The number of nitrogens with zero attached hydrogens (tertiary/aromatic N) is 4. The molecule has 1 aromatic carbocycles. The average Bonchev–Trinajstić information content (AvgIpc) is 3.11. The van der Waals surface area contributed by atoms with Crippen molar-refractivity contribution in [2.24, 2.45) is 0 Å². The van der Waals surface area contributed by atoms with Crippen molar-refractivity contribution in [3.05, 3.63) is 39.6 Å². The Morgan fingerprint density at radius 1 is 1.40 bits per heavy atom. The number of nitriles is 1. The van der Waals surface area contributed by atoms with E-state index in [1.807, 2.05) is 6.07 Å². The van der Waals surface area contributed by atoms with Gasteiger partial charge in [-0.05, 0) is 25.0 Å². The van der Waals surface area contributed by atoms with Crippen molar-refractivity contribution in [2.75, 3.05) is 43.9 Å². The largest absolute Gasteiger partial charge is 0.381 e. The smallest absolute Gasteiger partial charge is 0.293 e. The Balaban J connectivity index is 1.69. The first kappa shape index (κ1) is 21.5. The van der Waals surface area contributed by atoms with Crippen LogP contribution in [0.1, 0.15) is 17.7 Å². The van der Waals surface area contributed by atoms with Gasteiger partial charge in [0.1, 0.15) is 17.3 Å². The Kier molecular flexibility index (Phi) is 6.50. The highest BCUT2D eigenvalue weighted by molar-refractivity contribution is 7.89. The topological polar surface area (TPSA) is 180 Å². The average molecular weight is 435 g/mol. The summed E-state index contributed by atoms with van der Waals surface area (Å²) >= 11 is 0. The number of nitrogens with one attached hydrogen (secondary N) is 2. The van der Waals surface area contributed by atoms with Gasteiger partial charge in [-0.1, -0.05) is 0 Å². The summed E-state index contributed by atoms with van der Waals surface area (Å²) in [6.07, 6.45) is 1.01. The van der Waals surface area contributed by atoms with E-state index >= 15 is 0 Å². The van der Waals surface area contributed by atoms with Gasteiger partial charge in [-0.2, -0.15) is 14.7 Å². The Bertz CT molecular complexity index is 1070. The molecule has 1 aliphatic rings. The van der Waals surface area contributed by atoms with Crippen LogP contribution in [-0.4, -0.2) is 60.7 Å². The van der Waals surface area contributed by atoms with E-state index < -0.39 is 14.9 Å². The number of benzene rings is 1. The molecule has 1 aliphatic heterocycles. The second-order valence-corrected chi connectivity index (χ2v) is 8.49. The molecule has 160 valence electrons. The van der Waals surface area contributed by atoms with E-state index in [0.29, 0.717) is 30.6 Å². The first-order valence-electron chi connectivity index (χ1n) is 9.17. The van der Waals surface area contributed by atoms with E-state index in [-0.39, 0.29) is 48.4 Å². The molecule has 30 heavy (non-hydrogen) atoms. The van der Waals surface area contributed by atoms with Crippen LogP contribution in [0.2, 0.25) is 0 Å². The zero-order valence-electron chi connectivity index (χ0n) is 16.0. The maximum absolute atomic E-state index is 12.7. The van der Waals surface area contributed by atoms with Crippen LogP contribution in [0.15, 0.2) is 23.1 Å². The number of aromatic nitrogens is 2. The molecular formula is C17H21N7O5S. The molecule has 0 unspecified atom stereocenters. The van der Waals surface area contributed by atoms with E-state index in [0.717, 1.165) is 6.07 Å². The number of ether oxygens (including phenoxy) is 1. The molecule has 2 aromatic rings. The van der Waals surface area contributed by atoms with Gasteiger partial charge < -0.3 is 15.8 Å². The zero-order chi connectivity index (χ0) is 21.7.